The highest BCUT2D eigenvalue weighted by molar-refractivity contribution is 5.97. The summed E-state index contributed by atoms with van der Waals surface area (Å²) < 4.78 is 31.8. The minimum absolute atomic E-state index is 0.0161. The molecule has 0 bridgehead atoms. The van der Waals surface area contributed by atoms with Gasteiger partial charge in [-0.05, 0) is 43.3 Å². The fraction of sp³-hybridized carbons (Fsp3) is 0.762. The first-order valence-corrected chi connectivity index (χ1v) is 9.93. The van der Waals surface area contributed by atoms with Crippen LogP contribution in [0.2, 0.25) is 0 Å². The van der Waals surface area contributed by atoms with Gasteiger partial charge in [0.15, 0.2) is 23.0 Å². The average Bonchev–Trinajstić information content (AvgIpc) is 2.91. The van der Waals surface area contributed by atoms with Crippen molar-refractivity contribution in [1.82, 2.24) is 0 Å². The Labute approximate surface area is 162 Å². The summed E-state index contributed by atoms with van der Waals surface area (Å²) in [5.74, 6) is -3.32. The van der Waals surface area contributed by atoms with Gasteiger partial charge < -0.3 is 10.2 Å². The number of ketones is 3. The predicted molar refractivity (Wildman–Crippen MR) is 94.8 cm³/mol. The van der Waals surface area contributed by atoms with Crippen LogP contribution in [0.1, 0.15) is 52.4 Å². The van der Waals surface area contributed by atoms with Gasteiger partial charge in [-0.3, -0.25) is 14.4 Å². The SMILES string of the molecule is C[C@]12CCC(=O)C=C1[C@@H](F)C[C@H]1[C@@H]3CC[C@](O)(C(=O)CO)[C@@]3(C)CC(=O)[C@@]12F. The largest absolute Gasteiger partial charge is 0.388 e. The van der Waals surface area contributed by atoms with Crippen LogP contribution in [0.25, 0.3) is 0 Å². The van der Waals surface area contributed by atoms with Crippen molar-refractivity contribution >= 4 is 17.3 Å². The summed E-state index contributed by atoms with van der Waals surface area (Å²) in [7, 11) is 0. The van der Waals surface area contributed by atoms with Gasteiger partial charge in [0.2, 0.25) is 0 Å². The number of alkyl halides is 2. The second-order valence-corrected chi connectivity index (χ2v) is 9.52. The molecule has 0 heterocycles. The number of rotatable bonds is 2. The smallest absolute Gasteiger partial charge is 0.190 e. The van der Waals surface area contributed by atoms with Crippen LogP contribution in [0, 0.1) is 22.7 Å². The maximum Gasteiger partial charge on any atom is 0.190 e. The molecule has 0 radical (unpaired) electrons. The standard InChI is InChI=1S/C21H26F2O5/c1-18-5-3-11(25)7-14(18)15(22)8-13-12-4-6-20(28,17(27)10-24)19(12,2)9-16(26)21(13,18)23/h7,12-13,15,24,28H,3-6,8-10H2,1-2H3/t12-,13-,15-,18-,19-,20-,21-/m0/s1. The van der Waals surface area contributed by atoms with Crippen LogP contribution in [-0.4, -0.2) is 51.6 Å². The summed E-state index contributed by atoms with van der Waals surface area (Å²) in [6.45, 7) is 2.25. The van der Waals surface area contributed by atoms with Crippen LogP contribution in [0.5, 0.6) is 0 Å². The minimum Gasteiger partial charge on any atom is -0.388 e. The van der Waals surface area contributed by atoms with E-state index in [1.807, 2.05) is 0 Å². The van der Waals surface area contributed by atoms with Crippen molar-refractivity contribution in [2.24, 2.45) is 22.7 Å². The van der Waals surface area contributed by atoms with Crippen molar-refractivity contribution in [3.05, 3.63) is 11.6 Å². The molecule has 0 aromatic heterocycles. The second kappa shape index (κ2) is 5.79. The zero-order valence-corrected chi connectivity index (χ0v) is 16.1. The molecule has 7 atom stereocenters. The van der Waals surface area contributed by atoms with Gasteiger partial charge in [0, 0.05) is 29.6 Å². The molecule has 7 heteroatoms. The quantitative estimate of drug-likeness (QED) is 0.745. The van der Waals surface area contributed by atoms with Gasteiger partial charge in [0.05, 0.1) is 0 Å². The van der Waals surface area contributed by atoms with E-state index in [4.69, 9.17) is 0 Å². The Morgan fingerprint density at radius 3 is 2.57 bits per heavy atom. The first kappa shape index (κ1) is 19.8. The lowest BCUT2D eigenvalue weighted by molar-refractivity contribution is -0.192. The normalized spacial score (nSPS) is 50.5. The highest BCUT2D eigenvalue weighted by Crippen LogP contribution is 2.69. The van der Waals surface area contributed by atoms with Crippen LogP contribution in [0.4, 0.5) is 8.78 Å². The molecule has 5 nitrogen and oxygen atoms in total. The molecule has 4 rings (SSSR count). The third-order valence-electron chi connectivity index (χ3n) is 8.54. The van der Waals surface area contributed by atoms with E-state index in [1.165, 1.54) is 13.0 Å². The Bertz CT molecular complexity index is 809. The molecule has 0 aromatic rings. The number of hydrogen-bond donors (Lipinski definition) is 2. The Balaban J connectivity index is 1.84. The third kappa shape index (κ3) is 2.04. The maximum absolute atomic E-state index is 16.7. The molecule has 0 amide bonds. The molecule has 0 aliphatic heterocycles. The predicted octanol–water partition coefficient (Wildman–Crippen LogP) is 2.03. The summed E-state index contributed by atoms with van der Waals surface area (Å²) in [6.07, 6.45) is -0.534. The van der Waals surface area contributed by atoms with E-state index < -0.39 is 58.3 Å². The lowest BCUT2D eigenvalue weighted by atomic mass is 9.44. The summed E-state index contributed by atoms with van der Waals surface area (Å²) >= 11 is 0. The molecule has 4 aliphatic rings. The van der Waals surface area contributed by atoms with Crippen LogP contribution >= 0.6 is 0 Å². The van der Waals surface area contributed by atoms with Crippen LogP contribution in [0.3, 0.4) is 0 Å². The van der Waals surface area contributed by atoms with Gasteiger partial charge in [0.25, 0.3) is 0 Å². The van der Waals surface area contributed by atoms with Gasteiger partial charge in [-0.1, -0.05) is 13.8 Å². The molecule has 3 fully saturated rings. The highest BCUT2D eigenvalue weighted by atomic mass is 19.1. The van der Waals surface area contributed by atoms with Gasteiger partial charge >= 0.3 is 0 Å². The molecule has 0 aromatic carbocycles. The highest BCUT2D eigenvalue weighted by Gasteiger charge is 2.75. The van der Waals surface area contributed by atoms with Crippen molar-refractivity contribution in [1.29, 1.82) is 0 Å². The molecule has 0 spiro atoms. The number of Topliss-reactive ketones (excluding diaryl/α,β-unsaturated/α-hetero) is 2. The van der Waals surface area contributed by atoms with E-state index in [0.717, 1.165) is 0 Å². The molecule has 0 unspecified atom stereocenters. The monoisotopic (exact) mass is 396 g/mol. The van der Waals surface area contributed by atoms with E-state index >= 15 is 8.78 Å². The fourth-order valence-electron chi connectivity index (χ4n) is 6.88. The van der Waals surface area contributed by atoms with Crippen molar-refractivity contribution in [2.45, 2.75) is 69.8 Å². The van der Waals surface area contributed by atoms with Crippen LogP contribution in [0.15, 0.2) is 11.6 Å². The van der Waals surface area contributed by atoms with E-state index in [2.05, 4.69) is 0 Å². The number of hydrogen-bond acceptors (Lipinski definition) is 5. The molecule has 0 saturated heterocycles. The number of aliphatic hydroxyl groups is 2. The number of allylic oxidation sites excluding steroid dienone is 1. The fourth-order valence-corrected chi connectivity index (χ4v) is 6.88. The van der Waals surface area contributed by atoms with Crippen LogP contribution < -0.4 is 0 Å². The van der Waals surface area contributed by atoms with Gasteiger partial charge in [-0.25, -0.2) is 8.78 Å². The van der Waals surface area contributed by atoms with Crippen molar-refractivity contribution in [2.75, 3.05) is 6.61 Å². The summed E-state index contributed by atoms with van der Waals surface area (Å²) in [6, 6.07) is 0. The minimum atomic E-state index is -2.33. The topological polar surface area (TPSA) is 91.7 Å². The maximum atomic E-state index is 16.7. The first-order chi connectivity index (χ1) is 13.0. The molecule has 4 aliphatic carbocycles. The van der Waals surface area contributed by atoms with E-state index in [-0.39, 0.29) is 49.9 Å². The lowest BCUT2D eigenvalue weighted by Gasteiger charge is -2.61. The van der Waals surface area contributed by atoms with Gasteiger partial charge in [-0.2, -0.15) is 0 Å². The number of fused-ring (bicyclic) bond motifs is 5. The Kier molecular flexibility index (Phi) is 4.10. The number of carbonyl (C=O) groups excluding carboxylic acids is 3. The molecular weight excluding hydrogens is 370 g/mol. The lowest BCUT2D eigenvalue weighted by Crippen LogP contribution is -2.69. The Morgan fingerprint density at radius 2 is 1.93 bits per heavy atom. The van der Waals surface area contributed by atoms with Crippen molar-refractivity contribution < 1.29 is 33.4 Å². The van der Waals surface area contributed by atoms with E-state index in [0.29, 0.717) is 0 Å². The van der Waals surface area contributed by atoms with Crippen LogP contribution in [-0.2, 0) is 14.4 Å². The molecule has 154 valence electrons. The van der Waals surface area contributed by atoms with Gasteiger partial charge in [0.1, 0.15) is 18.4 Å². The average molecular weight is 396 g/mol. The number of carbonyl (C=O) groups is 3. The van der Waals surface area contributed by atoms with Crippen molar-refractivity contribution in [3.63, 3.8) is 0 Å². The third-order valence-corrected chi connectivity index (χ3v) is 8.54. The Morgan fingerprint density at radius 1 is 1.25 bits per heavy atom. The number of aliphatic hydroxyl groups excluding tert-OH is 1. The molecule has 28 heavy (non-hydrogen) atoms. The molecular formula is C21H26F2O5. The Hall–Kier alpha value is -1.47. The summed E-state index contributed by atoms with van der Waals surface area (Å²) in [5, 5.41) is 20.4. The molecule has 2 N–H and O–H groups in total. The molecule has 3 saturated carbocycles. The second-order valence-electron chi connectivity index (χ2n) is 9.52. The number of halogens is 2. The zero-order valence-electron chi connectivity index (χ0n) is 16.1. The summed E-state index contributed by atoms with van der Waals surface area (Å²) in [4.78, 5) is 37.4. The van der Waals surface area contributed by atoms with Gasteiger partial charge in [-0.15, -0.1) is 0 Å². The first-order valence-electron chi connectivity index (χ1n) is 9.93. The zero-order chi connectivity index (χ0) is 20.7. The van der Waals surface area contributed by atoms with E-state index in [1.54, 1.807) is 6.92 Å². The van der Waals surface area contributed by atoms with E-state index in [9.17, 15) is 24.6 Å². The summed E-state index contributed by atoms with van der Waals surface area (Å²) in [5.41, 5.74) is -6.83. The van der Waals surface area contributed by atoms with Crippen molar-refractivity contribution in [3.8, 4) is 0 Å².